The lowest BCUT2D eigenvalue weighted by Gasteiger charge is -2.09. The Balaban J connectivity index is 0.000000555. The Labute approximate surface area is 108 Å². The lowest BCUT2D eigenvalue weighted by atomic mass is 10.0. The molecule has 0 saturated carbocycles. The second kappa shape index (κ2) is 7.62. The minimum atomic E-state index is -4.64. The van der Waals surface area contributed by atoms with Crippen LogP contribution in [0, 0.1) is 17.5 Å². The van der Waals surface area contributed by atoms with Gasteiger partial charge in [0.2, 0.25) is 0 Å². The maximum absolute atomic E-state index is 13.1. The smallest absolute Gasteiger partial charge is 0.327 e. The van der Waals surface area contributed by atoms with Gasteiger partial charge in [0.15, 0.2) is 11.6 Å². The molecule has 9 heteroatoms. The first-order chi connectivity index (χ1) is 8.54. The first-order valence-corrected chi connectivity index (χ1v) is 6.78. The number of hydrogen-bond acceptors (Lipinski definition) is 2. The SMILES string of the molecule is CCC(N)Cc1cc(F)c(F)cc1F.O=P(O)(O)O. The molecule has 0 aliphatic carbocycles. The van der Waals surface area contributed by atoms with E-state index in [1.165, 1.54) is 0 Å². The molecule has 1 aromatic carbocycles. The van der Waals surface area contributed by atoms with Crippen LogP contribution >= 0.6 is 7.82 Å². The van der Waals surface area contributed by atoms with E-state index in [0.29, 0.717) is 12.5 Å². The lowest BCUT2D eigenvalue weighted by molar-refractivity contribution is 0.275. The van der Waals surface area contributed by atoms with Gasteiger partial charge in [-0.2, -0.15) is 0 Å². The number of phosphoric acid groups is 1. The van der Waals surface area contributed by atoms with Gasteiger partial charge in [-0.25, -0.2) is 17.7 Å². The molecule has 0 aliphatic heterocycles. The van der Waals surface area contributed by atoms with Crippen LogP contribution in [0.15, 0.2) is 12.1 Å². The number of halogens is 3. The zero-order chi connectivity index (χ0) is 15.2. The van der Waals surface area contributed by atoms with Crippen molar-refractivity contribution in [1.82, 2.24) is 0 Å². The second-order valence-corrected chi connectivity index (χ2v) is 4.77. The monoisotopic (exact) mass is 301 g/mol. The highest BCUT2D eigenvalue weighted by atomic mass is 31.2. The fourth-order valence-electron chi connectivity index (χ4n) is 1.15. The Hall–Kier alpha value is -0.920. The predicted molar refractivity (Wildman–Crippen MR) is 62.5 cm³/mol. The summed E-state index contributed by atoms with van der Waals surface area (Å²) in [6.07, 6.45) is 0.887. The Morgan fingerprint density at radius 1 is 1.16 bits per heavy atom. The third kappa shape index (κ3) is 8.74. The van der Waals surface area contributed by atoms with Gasteiger partial charge in [-0.15, -0.1) is 0 Å². The number of benzene rings is 1. The fourth-order valence-corrected chi connectivity index (χ4v) is 1.15. The van der Waals surface area contributed by atoms with Gasteiger partial charge in [-0.05, 0) is 24.5 Å². The molecule has 5 nitrogen and oxygen atoms in total. The van der Waals surface area contributed by atoms with Gasteiger partial charge in [0.25, 0.3) is 0 Å². The Bertz CT molecular complexity index is 458. The van der Waals surface area contributed by atoms with E-state index in [1.807, 2.05) is 6.92 Å². The number of rotatable bonds is 3. The first-order valence-electron chi connectivity index (χ1n) is 5.21. The largest absolute Gasteiger partial charge is 0.466 e. The maximum Gasteiger partial charge on any atom is 0.466 e. The zero-order valence-corrected chi connectivity index (χ0v) is 10.9. The molecule has 1 unspecified atom stereocenters. The molecule has 0 spiro atoms. The van der Waals surface area contributed by atoms with E-state index in [4.69, 9.17) is 25.0 Å². The van der Waals surface area contributed by atoms with Crippen molar-refractivity contribution in [3.63, 3.8) is 0 Å². The molecule has 1 rings (SSSR count). The van der Waals surface area contributed by atoms with Crippen molar-refractivity contribution >= 4 is 7.82 Å². The van der Waals surface area contributed by atoms with Gasteiger partial charge in [0, 0.05) is 12.1 Å². The van der Waals surface area contributed by atoms with Gasteiger partial charge in [0.1, 0.15) is 5.82 Å². The quantitative estimate of drug-likeness (QED) is 0.500. The van der Waals surface area contributed by atoms with Crippen LogP contribution in [-0.2, 0) is 11.0 Å². The zero-order valence-electron chi connectivity index (χ0n) is 10.1. The molecule has 19 heavy (non-hydrogen) atoms. The summed E-state index contributed by atoms with van der Waals surface area (Å²) in [4.78, 5) is 21.6. The fraction of sp³-hybridized carbons (Fsp3) is 0.400. The molecule has 0 fully saturated rings. The predicted octanol–water partition coefficient (Wildman–Crippen LogP) is 1.46. The summed E-state index contributed by atoms with van der Waals surface area (Å²) < 4.78 is 47.2. The highest BCUT2D eigenvalue weighted by Crippen LogP contribution is 2.25. The third-order valence-electron chi connectivity index (χ3n) is 2.10. The number of nitrogens with two attached hydrogens (primary N) is 1. The molecular formula is C10H15F3NO4P. The van der Waals surface area contributed by atoms with E-state index in [-0.39, 0.29) is 18.0 Å². The molecule has 1 aromatic rings. The summed E-state index contributed by atoms with van der Waals surface area (Å²) in [5.41, 5.74) is 5.70. The molecule has 0 heterocycles. The highest BCUT2D eigenvalue weighted by molar-refractivity contribution is 7.45. The summed E-state index contributed by atoms with van der Waals surface area (Å²) >= 11 is 0. The van der Waals surface area contributed by atoms with E-state index in [9.17, 15) is 13.2 Å². The summed E-state index contributed by atoms with van der Waals surface area (Å²) in [6, 6.07) is 1.18. The first kappa shape index (κ1) is 18.1. The Morgan fingerprint density at radius 3 is 2.00 bits per heavy atom. The lowest BCUT2D eigenvalue weighted by Crippen LogP contribution is -2.22. The topological polar surface area (TPSA) is 104 Å². The van der Waals surface area contributed by atoms with Crippen LogP contribution in [0.2, 0.25) is 0 Å². The summed E-state index contributed by atoms with van der Waals surface area (Å²) in [6.45, 7) is 1.85. The van der Waals surface area contributed by atoms with Crippen molar-refractivity contribution in [2.24, 2.45) is 5.73 Å². The van der Waals surface area contributed by atoms with Gasteiger partial charge in [-0.3, -0.25) is 0 Å². The molecule has 0 saturated heterocycles. The van der Waals surface area contributed by atoms with Crippen molar-refractivity contribution in [3.8, 4) is 0 Å². The Morgan fingerprint density at radius 2 is 1.58 bits per heavy atom. The van der Waals surface area contributed by atoms with Gasteiger partial charge < -0.3 is 20.4 Å². The molecule has 0 radical (unpaired) electrons. The van der Waals surface area contributed by atoms with Gasteiger partial charge >= 0.3 is 7.82 Å². The van der Waals surface area contributed by atoms with Crippen molar-refractivity contribution in [2.45, 2.75) is 25.8 Å². The van der Waals surface area contributed by atoms with Crippen LogP contribution in [0.5, 0.6) is 0 Å². The number of hydrogen-bond donors (Lipinski definition) is 4. The van der Waals surface area contributed by atoms with Gasteiger partial charge in [0.05, 0.1) is 0 Å². The summed E-state index contributed by atoms with van der Waals surface area (Å²) in [5, 5.41) is 0. The highest BCUT2D eigenvalue weighted by Gasteiger charge is 2.11. The molecule has 1 atom stereocenters. The van der Waals surface area contributed by atoms with Crippen LogP contribution in [0.1, 0.15) is 18.9 Å². The van der Waals surface area contributed by atoms with Crippen molar-refractivity contribution in [1.29, 1.82) is 0 Å². The summed E-state index contributed by atoms with van der Waals surface area (Å²) in [5.74, 6) is -2.95. The normalized spacial score (nSPS) is 12.6. The van der Waals surface area contributed by atoms with Crippen molar-refractivity contribution in [3.05, 3.63) is 35.1 Å². The van der Waals surface area contributed by atoms with Crippen LogP contribution in [0.25, 0.3) is 0 Å². The van der Waals surface area contributed by atoms with Crippen LogP contribution in [0.4, 0.5) is 13.2 Å². The minimum Gasteiger partial charge on any atom is -0.327 e. The van der Waals surface area contributed by atoms with E-state index in [0.717, 1.165) is 6.07 Å². The van der Waals surface area contributed by atoms with E-state index >= 15 is 0 Å². The van der Waals surface area contributed by atoms with Gasteiger partial charge in [-0.1, -0.05) is 6.92 Å². The second-order valence-electron chi connectivity index (χ2n) is 3.74. The van der Waals surface area contributed by atoms with Crippen molar-refractivity contribution < 1.29 is 32.4 Å². The standard InChI is InChI=1S/C10H12F3N.H3O4P/c1-2-7(14)3-6-4-9(12)10(13)5-8(6)11;1-5(2,3)4/h4-5,7H,2-3,14H2,1H3;(H3,1,2,3,4). The Kier molecular flexibility index (Phi) is 7.25. The molecule has 0 aromatic heterocycles. The molecule has 0 bridgehead atoms. The van der Waals surface area contributed by atoms with E-state index < -0.39 is 25.3 Å². The average Bonchev–Trinajstić information content (AvgIpc) is 2.23. The van der Waals surface area contributed by atoms with Crippen molar-refractivity contribution in [2.75, 3.05) is 0 Å². The van der Waals surface area contributed by atoms with Crippen LogP contribution < -0.4 is 5.73 Å². The van der Waals surface area contributed by atoms with Crippen LogP contribution in [-0.4, -0.2) is 20.7 Å². The molecule has 0 aliphatic rings. The third-order valence-corrected chi connectivity index (χ3v) is 2.10. The molecular weight excluding hydrogens is 286 g/mol. The maximum atomic E-state index is 13.1. The van der Waals surface area contributed by atoms with E-state index in [2.05, 4.69) is 0 Å². The van der Waals surface area contributed by atoms with E-state index in [1.54, 1.807) is 0 Å². The minimum absolute atomic E-state index is 0.123. The van der Waals surface area contributed by atoms with Crippen LogP contribution in [0.3, 0.4) is 0 Å². The average molecular weight is 301 g/mol. The summed E-state index contributed by atoms with van der Waals surface area (Å²) in [7, 11) is -4.64. The molecule has 110 valence electrons. The molecule has 5 N–H and O–H groups in total. The molecule has 0 amide bonds.